The second-order valence-electron chi connectivity index (χ2n) is 6.24. The second kappa shape index (κ2) is 4.86. The van der Waals surface area contributed by atoms with Gasteiger partial charge < -0.3 is 8.85 Å². The van der Waals surface area contributed by atoms with Crippen molar-refractivity contribution in [3.05, 3.63) is 12.2 Å². The molecule has 0 saturated heterocycles. The van der Waals surface area contributed by atoms with Crippen molar-refractivity contribution in [3.8, 4) is 0 Å². The number of rotatable bonds is 5. The van der Waals surface area contributed by atoms with E-state index in [-0.39, 0.29) is 12.2 Å². The first-order valence-electron chi connectivity index (χ1n) is 6.94. The molecule has 0 radical (unpaired) electrons. The number of allylic oxidation sites excluding steroid dienone is 2. The fourth-order valence-corrected chi connectivity index (χ4v) is 7.56. The Balaban J connectivity index is 2.12. The predicted molar refractivity (Wildman–Crippen MR) is 73.2 cm³/mol. The summed E-state index contributed by atoms with van der Waals surface area (Å²) in [5.74, 6) is 1.51. The van der Waals surface area contributed by atoms with Crippen LogP contribution in [0.15, 0.2) is 12.2 Å². The predicted octanol–water partition coefficient (Wildman–Crippen LogP) is 3.87. The third kappa shape index (κ3) is 2.83. The Morgan fingerprint density at radius 1 is 1.00 bits per heavy atom. The van der Waals surface area contributed by atoms with Crippen LogP contribution in [0.25, 0.3) is 0 Å². The van der Waals surface area contributed by atoms with Gasteiger partial charge >= 0.3 is 8.56 Å². The normalized spacial score (nSPS) is 32.1. The summed E-state index contributed by atoms with van der Waals surface area (Å²) < 4.78 is 12.5. The average Bonchev–Trinajstić information content (AvgIpc) is 2.75. The van der Waals surface area contributed by atoms with Crippen LogP contribution in [0.1, 0.15) is 40.5 Å². The number of fused-ring (bicyclic) bond motifs is 2. The quantitative estimate of drug-likeness (QED) is 0.547. The van der Waals surface area contributed by atoms with Crippen LogP contribution in [0.2, 0.25) is 12.1 Å². The molecule has 3 atom stereocenters. The summed E-state index contributed by atoms with van der Waals surface area (Å²) in [6.45, 7) is 10.8. The van der Waals surface area contributed by atoms with Crippen LogP contribution in [0.3, 0.4) is 0 Å². The Morgan fingerprint density at radius 2 is 1.59 bits per heavy atom. The van der Waals surface area contributed by atoms with Gasteiger partial charge in [-0.15, -0.1) is 0 Å². The Morgan fingerprint density at radius 3 is 1.94 bits per heavy atom. The molecule has 2 rings (SSSR count). The average molecular weight is 254 g/mol. The Bertz CT molecular complexity index is 289. The molecule has 0 aliphatic heterocycles. The van der Waals surface area contributed by atoms with Crippen LogP contribution in [-0.2, 0) is 8.85 Å². The molecule has 17 heavy (non-hydrogen) atoms. The standard InChI is InChI=1S/C14H26O2Si/c1-10(2)15-17(5,16-11(3)4)14-9-12-6-7-13(14)8-12/h6-7,10-14H,8-9H2,1-5H3. The van der Waals surface area contributed by atoms with Crippen molar-refractivity contribution in [2.24, 2.45) is 11.8 Å². The first-order valence-corrected chi connectivity index (χ1v) is 9.34. The first-order chi connectivity index (χ1) is 7.90. The molecule has 2 bridgehead atoms. The lowest BCUT2D eigenvalue weighted by Gasteiger charge is -2.38. The van der Waals surface area contributed by atoms with Crippen LogP contribution in [0.5, 0.6) is 0 Å². The maximum Gasteiger partial charge on any atom is 0.339 e. The minimum absolute atomic E-state index is 0.272. The van der Waals surface area contributed by atoms with E-state index in [9.17, 15) is 0 Å². The van der Waals surface area contributed by atoms with Gasteiger partial charge in [0.15, 0.2) is 0 Å². The van der Waals surface area contributed by atoms with Crippen molar-refractivity contribution >= 4 is 8.56 Å². The molecule has 2 aliphatic carbocycles. The highest BCUT2D eigenvalue weighted by atomic mass is 28.4. The summed E-state index contributed by atoms with van der Waals surface area (Å²) >= 11 is 0. The van der Waals surface area contributed by atoms with Crippen LogP contribution in [-0.4, -0.2) is 20.8 Å². The minimum Gasteiger partial charge on any atom is -0.392 e. The fraction of sp³-hybridized carbons (Fsp3) is 0.857. The van der Waals surface area contributed by atoms with Crippen molar-refractivity contribution in [2.75, 3.05) is 0 Å². The summed E-state index contributed by atoms with van der Waals surface area (Å²) in [5, 5.41) is 0. The first kappa shape index (κ1) is 13.3. The molecular weight excluding hydrogens is 228 g/mol. The van der Waals surface area contributed by atoms with Gasteiger partial charge in [-0.05, 0) is 58.9 Å². The maximum absolute atomic E-state index is 6.27. The molecule has 1 saturated carbocycles. The Labute approximate surface area is 107 Å². The summed E-state index contributed by atoms with van der Waals surface area (Å²) in [6.07, 6.45) is 7.94. The fourth-order valence-electron chi connectivity index (χ4n) is 3.52. The lowest BCUT2D eigenvalue weighted by Crippen LogP contribution is -2.48. The van der Waals surface area contributed by atoms with E-state index in [4.69, 9.17) is 8.85 Å². The largest absolute Gasteiger partial charge is 0.392 e. The van der Waals surface area contributed by atoms with E-state index < -0.39 is 8.56 Å². The molecule has 98 valence electrons. The van der Waals surface area contributed by atoms with Crippen LogP contribution in [0, 0.1) is 11.8 Å². The molecule has 0 aromatic rings. The van der Waals surface area contributed by atoms with E-state index in [1.807, 2.05) is 0 Å². The highest BCUT2D eigenvalue weighted by Gasteiger charge is 2.51. The van der Waals surface area contributed by atoms with E-state index in [1.54, 1.807) is 0 Å². The van der Waals surface area contributed by atoms with Crippen molar-refractivity contribution < 1.29 is 8.85 Å². The van der Waals surface area contributed by atoms with Gasteiger partial charge in [-0.1, -0.05) is 12.2 Å². The van der Waals surface area contributed by atoms with E-state index in [0.717, 1.165) is 5.92 Å². The molecule has 0 heterocycles. The number of hydrogen-bond donors (Lipinski definition) is 0. The van der Waals surface area contributed by atoms with Crippen molar-refractivity contribution in [2.45, 2.75) is 64.8 Å². The molecule has 2 nitrogen and oxygen atoms in total. The molecule has 0 amide bonds. The zero-order valence-electron chi connectivity index (χ0n) is 11.8. The molecular formula is C14H26O2Si. The van der Waals surface area contributed by atoms with Gasteiger partial charge in [0.2, 0.25) is 0 Å². The third-order valence-electron chi connectivity index (χ3n) is 3.89. The van der Waals surface area contributed by atoms with E-state index in [0.29, 0.717) is 11.5 Å². The van der Waals surface area contributed by atoms with Gasteiger partial charge in [-0.3, -0.25) is 0 Å². The molecule has 3 unspecified atom stereocenters. The van der Waals surface area contributed by atoms with Gasteiger partial charge in [-0.2, -0.15) is 0 Å². The molecule has 0 spiro atoms. The Kier molecular flexibility index (Phi) is 3.81. The molecule has 2 aliphatic rings. The summed E-state index contributed by atoms with van der Waals surface area (Å²) in [7, 11) is -2.05. The monoisotopic (exact) mass is 254 g/mol. The van der Waals surface area contributed by atoms with Gasteiger partial charge in [0.25, 0.3) is 0 Å². The van der Waals surface area contributed by atoms with Crippen LogP contribution >= 0.6 is 0 Å². The van der Waals surface area contributed by atoms with E-state index in [1.165, 1.54) is 12.8 Å². The van der Waals surface area contributed by atoms with Crippen LogP contribution < -0.4 is 0 Å². The summed E-state index contributed by atoms with van der Waals surface area (Å²) in [4.78, 5) is 0. The highest BCUT2D eigenvalue weighted by molar-refractivity contribution is 6.68. The van der Waals surface area contributed by atoms with Gasteiger partial charge in [0, 0.05) is 17.7 Å². The maximum atomic E-state index is 6.27. The van der Waals surface area contributed by atoms with Crippen molar-refractivity contribution in [3.63, 3.8) is 0 Å². The van der Waals surface area contributed by atoms with Crippen LogP contribution in [0.4, 0.5) is 0 Å². The minimum atomic E-state index is -2.05. The SMILES string of the molecule is CC(C)O[Si](C)(OC(C)C)C1CC2C=CC1C2. The van der Waals surface area contributed by atoms with Gasteiger partial charge in [0.05, 0.1) is 0 Å². The third-order valence-corrected chi connectivity index (χ3v) is 7.78. The number of hydrogen-bond acceptors (Lipinski definition) is 2. The highest BCUT2D eigenvalue weighted by Crippen LogP contribution is 2.52. The molecule has 0 aromatic carbocycles. The van der Waals surface area contributed by atoms with Crippen molar-refractivity contribution in [1.29, 1.82) is 0 Å². The molecule has 0 N–H and O–H groups in total. The summed E-state index contributed by atoms with van der Waals surface area (Å²) in [5.41, 5.74) is 0.655. The zero-order valence-corrected chi connectivity index (χ0v) is 12.8. The molecule has 3 heteroatoms. The zero-order chi connectivity index (χ0) is 12.6. The topological polar surface area (TPSA) is 18.5 Å². The smallest absolute Gasteiger partial charge is 0.339 e. The van der Waals surface area contributed by atoms with E-state index in [2.05, 4.69) is 46.4 Å². The van der Waals surface area contributed by atoms with Crippen molar-refractivity contribution in [1.82, 2.24) is 0 Å². The van der Waals surface area contributed by atoms with Gasteiger partial charge in [-0.25, -0.2) is 0 Å². The van der Waals surface area contributed by atoms with E-state index >= 15 is 0 Å². The second-order valence-corrected chi connectivity index (χ2v) is 9.48. The molecule has 1 fully saturated rings. The lowest BCUT2D eigenvalue weighted by atomic mass is 10.1. The lowest BCUT2D eigenvalue weighted by molar-refractivity contribution is 0.0987. The molecule has 0 aromatic heterocycles. The summed E-state index contributed by atoms with van der Waals surface area (Å²) in [6, 6.07) is 0. The van der Waals surface area contributed by atoms with Gasteiger partial charge in [0.1, 0.15) is 0 Å². The Hall–Kier alpha value is -0.123.